The molecule has 0 fully saturated rings. The van der Waals surface area contributed by atoms with E-state index in [1.165, 1.54) is 0 Å². The Kier molecular flexibility index (Phi) is 3.22. The molecule has 4 nitrogen and oxygen atoms in total. The van der Waals surface area contributed by atoms with Gasteiger partial charge in [-0.15, -0.1) is 0 Å². The SMILES string of the molecule is Cc1nn(C)c(Cn2ccc(=O)c3ccccc32)c1Br. The number of hydrogen-bond donors (Lipinski definition) is 0. The molecule has 20 heavy (non-hydrogen) atoms. The van der Waals surface area contributed by atoms with Gasteiger partial charge in [-0.2, -0.15) is 5.10 Å². The number of aromatic nitrogens is 3. The summed E-state index contributed by atoms with van der Waals surface area (Å²) in [6.07, 6.45) is 1.83. The zero-order chi connectivity index (χ0) is 14.3. The average Bonchev–Trinajstić information content (AvgIpc) is 2.68. The Morgan fingerprint density at radius 3 is 2.70 bits per heavy atom. The number of pyridine rings is 1. The van der Waals surface area contributed by atoms with Crippen LogP contribution in [0.3, 0.4) is 0 Å². The molecule has 102 valence electrons. The van der Waals surface area contributed by atoms with Gasteiger partial charge in [0.25, 0.3) is 0 Å². The molecule has 1 aromatic carbocycles. The molecule has 5 heteroatoms. The van der Waals surface area contributed by atoms with Gasteiger partial charge < -0.3 is 4.57 Å². The molecular formula is C15H14BrN3O. The second kappa shape index (κ2) is 4.90. The summed E-state index contributed by atoms with van der Waals surface area (Å²) in [5.41, 5.74) is 3.03. The number of rotatable bonds is 2. The third-order valence-corrected chi connectivity index (χ3v) is 4.50. The molecule has 0 aliphatic carbocycles. The fourth-order valence-electron chi connectivity index (χ4n) is 2.41. The van der Waals surface area contributed by atoms with Crippen molar-refractivity contribution in [3.05, 3.63) is 62.6 Å². The molecule has 0 saturated carbocycles. The van der Waals surface area contributed by atoms with Gasteiger partial charge in [-0.05, 0) is 35.0 Å². The zero-order valence-electron chi connectivity index (χ0n) is 11.3. The summed E-state index contributed by atoms with van der Waals surface area (Å²) in [5.74, 6) is 0. The van der Waals surface area contributed by atoms with Crippen molar-refractivity contribution >= 4 is 26.8 Å². The molecule has 0 N–H and O–H groups in total. The van der Waals surface area contributed by atoms with Crippen molar-refractivity contribution in [2.24, 2.45) is 7.05 Å². The molecule has 3 aromatic rings. The van der Waals surface area contributed by atoms with E-state index in [2.05, 4.69) is 25.6 Å². The van der Waals surface area contributed by atoms with Crippen LogP contribution in [0.25, 0.3) is 10.9 Å². The highest BCUT2D eigenvalue weighted by Gasteiger charge is 2.12. The van der Waals surface area contributed by atoms with Crippen molar-refractivity contribution in [1.82, 2.24) is 14.3 Å². The second-order valence-corrected chi connectivity index (χ2v) is 5.59. The number of para-hydroxylation sites is 1. The summed E-state index contributed by atoms with van der Waals surface area (Å²) in [6, 6.07) is 9.27. The molecule has 0 radical (unpaired) electrons. The molecule has 2 aromatic heterocycles. The van der Waals surface area contributed by atoms with Crippen LogP contribution >= 0.6 is 15.9 Å². The van der Waals surface area contributed by atoms with Crippen LogP contribution < -0.4 is 5.43 Å². The lowest BCUT2D eigenvalue weighted by Gasteiger charge is -2.11. The number of fused-ring (bicyclic) bond motifs is 1. The molecule has 3 rings (SSSR count). The van der Waals surface area contributed by atoms with Gasteiger partial charge in [0.1, 0.15) is 0 Å². The van der Waals surface area contributed by atoms with E-state index in [1.807, 2.05) is 49.1 Å². The maximum atomic E-state index is 11.9. The summed E-state index contributed by atoms with van der Waals surface area (Å²) in [5, 5.41) is 5.14. The van der Waals surface area contributed by atoms with Crippen LogP contribution in [-0.4, -0.2) is 14.3 Å². The largest absolute Gasteiger partial charge is 0.341 e. The Bertz CT molecular complexity index is 848. The first kappa shape index (κ1) is 13.1. The van der Waals surface area contributed by atoms with Gasteiger partial charge in [-0.1, -0.05) is 12.1 Å². The van der Waals surface area contributed by atoms with Crippen LogP contribution in [-0.2, 0) is 13.6 Å². The highest BCUT2D eigenvalue weighted by Crippen LogP contribution is 2.22. The summed E-state index contributed by atoms with van der Waals surface area (Å²) < 4.78 is 4.95. The summed E-state index contributed by atoms with van der Waals surface area (Å²) in [4.78, 5) is 11.9. The molecule has 0 saturated heterocycles. The minimum atomic E-state index is 0.0529. The molecule has 0 amide bonds. The Balaban J connectivity index is 2.16. The second-order valence-electron chi connectivity index (χ2n) is 4.79. The van der Waals surface area contributed by atoms with Crippen molar-refractivity contribution in [2.75, 3.05) is 0 Å². The smallest absolute Gasteiger partial charge is 0.189 e. The fraction of sp³-hybridized carbons (Fsp3) is 0.200. The van der Waals surface area contributed by atoms with Gasteiger partial charge in [0.05, 0.1) is 27.9 Å². The molecule has 0 aliphatic heterocycles. The normalized spacial score (nSPS) is 11.2. The minimum absolute atomic E-state index is 0.0529. The molecule has 0 spiro atoms. The Labute approximate surface area is 124 Å². The van der Waals surface area contributed by atoms with Gasteiger partial charge in [-0.3, -0.25) is 9.48 Å². The highest BCUT2D eigenvalue weighted by atomic mass is 79.9. The van der Waals surface area contributed by atoms with E-state index in [4.69, 9.17) is 0 Å². The topological polar surface area (TPSA) is 39.8 Å². The third kappa shape index (κ3) is 2.08. The van der Waals surface area contributed by atoms with E-state index < -0.39 is 0 Å². The average molecular weight is 332 g/mol. The first-order valence-corrected chi connectivity index (χ1v) is 7.13. The standard InChI is InChI=1S/C15H14BrN3O/c1-10-15(16)13(18(2)17-10)9-19-8-7-14(20)11-5-3-4-6-12(11)19/h3-8H,9H2,1-2H3. The number of benzene rings is 1. The van der Waals surface area contributed by atoms with E-state index in [1.54, 1.807) is 6.07 Å². The monoisotopic (exact) mass is 331 g/mol. The van der Waals surface area contributed by atoms with Crippen LogP contribution in [0.5, 0.6) is 0 Å². The Morgan fingerprint density at radius 1 is 1.25 bits per heavy atom. The van der Waals surface area contributed by atoms with E-state index in [9.17, 15) is 4.79 Å². The third-order valence-electron chi connectivity index (χ3n) is 3.47. The van der Waals surface area contributed by atoms with Crippen molar-refractivity contribution in [3.63, 3.8) is 0 Å². The fourth-order valence-corrected chi connectivity index (χ4v) is 2.87. The van der Waals surface area contributed by atoms with Crippen LogP contribution in [0.2, 0.25) is 0 Å². The number of hydrogen-bond acceptors (Lipinski definition) is 2. The molecule has 2 heterocycles. The van der Waals surface area contributed by atoms with Crippen LogP contribution in [0.1, 0.15) is 11.4 Å². The lowest BCUT2D eigenvalue weighted by atomic mass is 10.2. The molecule has 0 unspecified atom stereocenters. The van der Waals surface area contributed by atoms with Crippen molar-refractivity contribution in [2.45, 2.75) is 13.5 Å². The van der Waals surface area contributed by atoms with E-state index in [0.717, 1.165) is 26.8 Å². The summed E-state index contributed by atoms with van der Waals surface area (Å²) >= 11 is 3.58. The summed E-state index contributed by atoms with van der Waals surface area (Å²) in [6.45, 7) is 2.63. The number of halogens is 1. The minimum Gasteiger partial charge on any atom is -0.341 e. The Morgan fingerprint density at radius 2 is 2.00 bits per heavy atom. The highest BCUT2D eigenvalue weighted by molar-refractivity contribution is 9.10. The lowest BCUT2D eigenvalue weighted by molar-refractivity contribution is 0.669. The molecule has 0 bridgehead atoms. The van der Waals surface area contributed by atoms with Gasteiger partial charge in [0.2, 0.25) is 0 Å². The van der Waals surface area contributed by atoms with Crippen LogP contribution in [0, 0.1) is 6.92 Å². The van der Waals surface area contributed by atoms with Crippen molar-refractivity contribution < 1.29 is 0 Å². The van der Waals surface area contributed by atoms with E-state index in [-0.39, 0.29) is 5.43 Å². The predicted octanol–water partition coefficient (Wildman–Crippen LogP) is 2.85. The first-order chi connectivity index (χ1) is 9.58. The van der Waals surface area contributed by atoms with E-state index >= 15 is 0 Å². The van der Waals surface area contributed by atoms with Crippen LogP contribution in [0.4, 0.5) is 0 Å². The molecular weight excluding hydrogens is 318 g/mol. The van der Waals surface area contributed by atoms with Crippen molar-refractivity contribution in [3.8, 4) is 0 Å². The van der Waals surface area contributed by atoms with Crippen LogP contribution in [0.15, 0.2) is 45.8 Å². The number of nitrogens with zero attached hydrogens (tertiary/aromatic N) is 3. The zero-order valence-corrected chi connectivity index (χ0v) is 12.9. The Hall–Kier alpha value is -1.88. The van der Waals surface area contributed by atoms with Gasteiger partial charge in [-0.25, -0.2) is 0 Å². The van der Waals surface area contributed by atoms with Gasteiger partial charge in [0, 0.05) is 24.7 Å². The van der Waals surface area contributed by atoms with E-state index in [0.29, 0.717) is 6.54 Å². The quantitative estimate of drug-likeness (QED) is 0.724. The van der Waals surface area contributed by atoms with Crippen molar-refractivity contribution in [1.29, 1.82) is 0 Å². The van der Waals surface area contributed by atoms with Gasteiger partial charge in [0.15, 0.2) is 5.43 Å². The summed E-state index contributed by atoms with van der Waals surface area (Å²) in [7, 11) is 1.93. The van der Waals surface area contributed by atoms with Gasteiger partial charge >= 0.3 is 0 Å². The maximum absolute atomic E-state index is 11.9. The number of aryl methyl sites for hydroxylation is 2. The molecule has 0 aliphatic rings. The molecule has 0 atom stereocenters. The maximum Gasteiger partial charge on any atom is 0.189 e. The lowest BCUT2D eigenvalue weighted by Crippen LogP contribution is -2.11. The first-order valence-electron chi connectivity index (χ1n) is 6.34. The predicted molar refractivity (Wildman–Crippen MR) is 83.0 cm³/mol.